The molecule has 4 atom stereocenters. The van der Waals surface area contributed by atoms with Crippen LogP contribution in [-0.2, 0) is 11.0 Å². The molecule has 6 rings (SSSR count). The van der Waals surface area contributed by atoms with Gasteiger partial charge in [-0.15, -0.1) is 0 Å². The molecular weight excluding hydrogens is 575 g/mol. The van der Waals surface area contributed by atoms with Gasteiger partial charge in [0.25, 0.3) is 11.8 Å². The van der Waals surface area contributed by atoms with Gasteiger partial charge < -0.3 is 36.4 Å². The van der Waals surface area contributed by atoms with Crippen molar-refractivity contribution in [3.63, 3.8) is 0 Å². The summed E-state index contributed by atoms with van der Waals surface area (Å²) in [4.78, 5) is 42.5. The van der Waals surface area contributed by atoms with Crippen molar-refractivity contribution in [2.45, 2.75) is 35.8 Å². The van der Waals surface area contributed by atoms with E-state index in [1.807, 2.05) is 0 Å². The van der Waals surface area contributed by atoms with Gasteiger partial charge in [0.05, 0.1) is 24.2 Å². The zero-order chi connectivity index (χ0) is 30.9. The lowest BCUT2D eigenvalue weighted by Gasteiger charge is -2.51. The van der Waals surface area contributed by atoms with Crippen LogP contribution in [0.5, 0.6) is 0 Å². The summed E-state index contributed by atoms with van der Waals surface area (Å²) in [7, 11) is 0. The Balaban J connectivity index is 1.26. The number of hydrogen-bond acceptors (Lipinski definition) is 7. The zero-order valence-electron chi connectivity index (χ0n) is 22.1. The van der Waals surface area contributed by atoms with Crippen molar-refractivity contribution in [1.29, 1.82) is 10.8 Å². The third-order valence-electron chi connectivity index (χ3n) is 8.16. The Labute approximate surface area is 241 Å². The number of hydrogen-bond donors (Lipinski definition) is 8. The largest absolute Gasteiger partial charge is 0.416 e. The maximum atomic E-state index is 13.2. The Bertz CT molecular complexity index is 1540. The van der Waals surface area contributed by atoms with Gasteiger partial charge >= 0.3 is 12.2 Å². The minimum Gasteiger partial charge on any atom is -0.361 e. The Hall–Kier alpha value is -4.90. The maximum Gasteiger partial charge on any atom is 0.416 e. The summed E-state index contributed by atoms with van der Waals surface area (Å²) in [5.74, 6) is -5.20. The number of nitrogens with zero attached hydrogens (tertiary/aromatic N) is 3. The molecule has 4 heterocycles. The van der Waals surface area contributed by atoms with E-state index in [4.69, 9.17) is 10.8 Å². The summed E-state index contributed by atoms with van der Waals surface area (Å²) in [5.41, 5.74) is -3.00. The molecule has 0 radical (unpaired) electrons. The fourth-order valence-electron chi connectivity index (χ4n) is 6.14. The summed E-state index contributed by atoms with van der Waals surface area (Å²) in [6.45, 7) is -0.939. The average Bonchev–Trinajstić information content (AvgIpc) is 3.54. The number of alkyl halides is 3. The van der Waals surface area contributed by atoms with Gasteiger partial charge in [-0.3, -0.25) is 30.2 Å². The summed E-state index contributed by atoms with van der Waals surface area (Å²) in [6.07, 6.45) is -4.71. The van der Waals surface area contributed by atoms with E-state index >= 15 is 0 Å². The second-order valence-electron chi connectivity index (χ2n) is 10.6. The zero-order valence-corrected chi connectivity index (χ0v) is 22.1. The Morgan fingerprint density at radius 1 is 1.07 bits per heavy atom. The maximum absolute atomic E-state index is 13.2. The molecule has 0 aromatic heterocycles. The van der Waals surface area contributed by atoms with E-state index in [2.05, 4.69) is 21.3 Å². The van der Waals surface area contributed by atoms with Crippen molar-refractivity contribution in [2.75, 3.05) is 24.5 Å². The molecule has 4 amide bonds. The molecule has 8 N–H and O–H groups in total. The van der Waals surface area contributed by atoms with Gasteiger partial charge in [0.2, 0.25) is 5.79 Å². The van der Waals surface area contributed by atoms with E-state index in [0.29, 0.717) is 11.8 Å². The van der Waals surface area contributed by atoms with Crippen LogP contribution < -0.4 is 26.2 Å². The topological polar surface area (TPSA) is 197 Å². The predicted octanol–water partition coefficient (Wildman–Crippen LogP) is -0.632. The molecule has 4 aliphatic rings. The van der Waals surface area contributed by atoms with Gasteiger partial charge in [-0.05, 0) is 30.3 Å². The van der Waals surface area contributed by atoms with Crippen LogP contribution in [0.25, 0.3) is 0 Å². The van der Waals surface area contributed by atoms with Crippen LogP contribution in [-0.4, -0.2) is 99.0 Å². The molecule has 2 aromatic carbocycles. The van der Waals surface area contributed by atoms with Crippen molar-refractivity contribution < 1.29 is 37.8 Å². The number of anilines is 1. The number of benzene rings is 2. The number of imide groups is 1. The summed E-state index contributed by atoms with van der Waals surface area (Å²) < 4.78 is 39.6. The minimum absolute atomic E-state index is 0.232. The number of rotatable bonds is 5. The molecular formula is C26H26F3N9O5. The number of para-hydroxylation sites is 1. The van der Waals surface area contributed by atoms with Crippen molar-refractivity contribution in [3.8, 4) is 0 Å². The first-order valence-electron chi connectivity index (χ1n) is 13.1. The molecule has 0 aliphatic carbocycles. The van der Waals surface area contributed by atoms with Crippen LogP contribution in [0.4, 0.5) is 23.7 Å². The van der Waals surface area contributed by atoms with Crippen LogP contribution in [0.1, 0.15) is 15.9 Å². The fraction of sp³-hybridized carbons (Fsp3) is 0.346. The van der Waals surface area contributed by atoms with Gasteiger partial charge in [0.1, 0.15) is 12.6 Å². The molecule has 43 heavy (non-hydrogen) atoms. The Morgan fingerprint density at radius 2 is 1.79 bits per heavy atom. The van der Waals surface area contributed by atoms with E-state index in [-0.39, 0.29) is 30.6 Å². The number of halogens is 3. The number of urea groups is 1. The summed E-state index contributed by atoms with van der Waals surface area (Å²) in [5, 5.41) is 50.6. The number of amides is 4. The molecule has 2 unspecified atom stereocenters. The van der Waals surface area contributed by atoms with Gasteiger partial charge in [-0.25, -0.2) is 4.79 Å². The Morgan fingerprint density at radius 3 is 2.49 bits per heavy atom. The van der Waals surface area contributed by atoms with Crippen LogP contribution >= 0.6 is 0 Å². The van der Waals surface area contributed by atoms with E-state index in [1.54, 1.807) is 30.3 Å². The molecule has 1 spiro atoms. The lowest BCUT2D eigenvalue weighted by atomic mass is 9.84. The highest BCUT2D eigenvalue weighted by molar-refractivity contribution is 6.12. The van der Waals surface area contributed by atoms with E-state index in [9.17, 15) is 37.8 Å². The number of carbonyl (C=O) groups excluding carboxylic acids is 3. The molecule has 226 valence electrons. The predicted molar refractivity (Wildman–Crippen MR) is 143 cm³/mol. The molecule has 17 heteroatoms. The summed E-state index contributed by atoms with van der Waals surface area (Å²) >= 11 is 0. The summed E-state index contributed by atoms with van der Waals surface area (Å²) in [6, 6.07) is 7.77. The molecule has 4 aliphatic heterocycles. The number of aliphatic hydroxyl groups is 2. The number of carbonyl (C=O) groups is 3. The monoisotopic (exact) mass is 601 g/mol. The van der Waals surface area contributed by atoms with Crippen molar-refractivity contribution in [1.82, 2.24) is 31.1 Å². The number of nitrogens with one attached hydrogen (secondary N) is 6. The average molecular weight is 602 g/mol. The van der Waals surface area contributed by atoms with Crippen LogP contribution in [0, 0.1) is 10.8 Å². The second-order valence-corrected chi connectivity index (χ2v) is 10.6. The normalized spacial score (nSPS) is 27.8. The third kappa shape index (κ3) is 4.30. The molecule has 2 aromatic rings. The van der Waals surface area contributed by atoms with Crippen LogP contribution in [0.2, 0.25) is 0 Å². The first kappa shape index (κ1) is 28.2. The highest BCUT2D eigenvalue weighted by Gasteiger charge is 2.74. The molecule has 4 fully saturated rings. The van der Waals surface area contributed by atoms with Crippen molar-refractivity contribution >= 4 is 35.5 Å². The van der Waals surface area contributed by atoms with Gasteiger partial charge in [0.15, 0.2) is 17.6 Å². The second kappa shape index (κ2) is 9.56. The highest BCUT2D eigenvalue weighted by Crippen LogP contribution is 2.43. The van der Waals surface area contributed by atoms with Crippen molar-refractivity contribution in [3.05, 3.63) is 65.7 Å². The first-order valence-corrected chi connectivity index (χ1v) is 13.1. The SMILES string of the molecule is N=C1NC2C(CN3C(=O)CN(c4ccccc4)C3=O)NC(=N)N3C[C@H](NC(=O)c4cccc(C(F)(F)F)c4)C(O)(O)[C@@]23N1. The Kier molecular flexibility index (Phi) is 6.28. The first-order chi connectivity index (χ1) is 20.2. The van der Waals surface area contributed by atoms with Crippen LogP contribution in [0.3, 0.4) is 0 Å². The van der Waals surface area contributed by atoms with Crippen molar-refractivity contribution in [2.24, 2.45) is 0 Å². The fourth-order valence-corrected chi connectivity index (χ4v) is 6.14. The van der Waals surface area contributed by atoms with Gasteiger partial charge in [-0.1, -0.05) is 24.3 Å². The quantitative estimate of drug-likeness (QED) is 0.163. The van der Waals surface area contributed by atoms with Gasteiger partial charge in [0, 0.05) is 17.8 Å². The third-order valence-corrected chi connectivity index (χ3v) is 8.16. The van der Waals surface area contributed by atoms with E-state index in [1.165, 1.54) is 9.80 Å². The standard InChI is InChI=1S/C26H26F3N9O5/c27-26(28,29)14-6-4-5-13(9-14)20(40)33-17-11-38-22(31)32-16(19-24(38,25(17,42)43)35-21(30)34-19)10-37-18(39)12-36(23(37)41)15-7-2-1-3-8-15/h1-9,16-17,19,42-43H,10-12H2,(H2,31,32)(H,33,40)(H3,30,34,35)/t16?,17-,19?,24+/m0/s1. The molecule has 0 saturated carbocycles. The smallest absolute Gasteiger partial charge is 0.361 e. The minimum atomic E-state index is -4.71. The lowest BCUT2D eigenvalue weighted by molar-refractivity contribution is -0.232. The highest BCUT2D eigenvalue weighted by atomic mass is 19.4. The van der Waals surface area contributed by atoms with Gasteiger partial charge in [-0.2, -0.15) is 13.2 Å². The van der Waals surface area contributed by atoms with E-state index in [0.717, 1.165) is 23.1 Å². The molecule has 4 saturated heterocycles. The van der Waals surface area contributed by atoms with Crippen LogP contribution in [0.15, 0.2) is 54.6 Å². The number of guanidine groups is 2. The molecule has 14 nitrogen and oxygen atoms in total. The molecule has 0 bridgehead atoms. The lowest BCUT2D eigenvalue weighted by Crippen LogP contribution is -2.81. The van der Waals surface area contributed by atoms with E-state index < -0.39 is 65.7 Å².